The molecule has 3 aromatic rings. The van der Waals surface area contributed by atoms with E-state index in [-0.39, 0.29) is 23.6 Å². The van der Waals surface area contributed by atoms with Crippen molar-refractivity contribution in [2.75, 3.05) is 5.73 Å². The van der Waals surface area contributed by atoms with Crippen molar-refractivity contribution < 1.29 is 9.36 Å². The van der Waals surface area contributed by atoms with E-state index in [1.807, 2.05) is 32.9 Å². The summed E-state index contributed by atoms with van der Waals surface area (Å²) in [5.74, 6) is 0.109. The highest BCUT2D eigenvalue weighted by molar-refractivity contribution is 6.00. The molecule has 3 heterocycles. The van der Waals surface area contributed by atoms with Gasteiger partial charge in [-0.05, 0) is 45.7 Å². The maximum absolute atomic E-state index is 13.2. The van der Waals surface area contributed by atoms with Gasteiger partial charge in [-0.25, -0.2) is 4.57 Å². The van der Waals surface area contributed by atoms with Crippen molar-refractivity contribution in [1.29, 1.82) is 0 Å². The zero-order valence-electron chi connectivity index (χ0n) is 16.5. The van der Waals surface area contributed by atoms with Crippen LogP contribution >= 0.6 is 0 Å². The van der Waals surface area contributed by atoms with Crippen LogP contribution < -0.4 is 21.2 Å². The molecule has 146 valence electrons. The van der Waals surface area contributed by atoms with Crippen molar-refractivity contribution in [2.45, 2.75) is 58.5 Å². The van der Waals surface area contributed by atoms with Crippen LogP contribution in [0.25, 0.3) is 16.7 Å². The molecule has 4 rings (SSSR count). The molecule has 1 aliphatic rings. The number of amides is 1. The van der Waals surface area contributed by atoms with Crippen molar-refractivity contribution in [3.8, 4) is 0 Å². The fourth-order valence-corrected chi connectivity index (χ4v) is 4.11. The molecular weight excluding hydrogens is 354 g/mol. The lowest BCUT2D eigenvalue weighted by molar-refractivity contribution is -0.679. The maximum Gasteiger partial charge on any atom is 0.278 e. The van der Waals surface area contributed by atoms with Crippen molar-refractivity contribution in [1.82, 2.24) is 14.7 Å². The van der Waals surface area contributed by atoms with Gasteiger partial charge < -0.3 is 11.1 Å². The molecule has 0 aliphatic heterocycles. The molecule has 7 nitrogen and oxygen atoms in total. The summed E-state index contributed by atoms with van der Waals surface area (Å²) in [6.45, 7) is 5.85. The molecule has 0 saturated heterocycles. The Morgan fingerprint density at radius 3 is 2.75 bits per heavy atom. The van der Waals surface area contributed by atoms with Gasteiger partial charge >= 0.3 is 0 Å². The molecule has 3 N–H and O–H groups in total. The number of nitrogens with two attached hydrogens (primary N) is 1. The maximum atomic E-state index is 13.2. The van der Waals surface area contributed by atoms with Gasteiger partial charge in [0.2, 0.25) is 11.5 Å². The van der Waals surface area contributed by atoms with E-state index in [0.29, 0.717) is 28.1 Å². The van der Waals surface area contributed by atoms with E-state index in [2.05, 4.69) is 5.32 Å². The molecule has 0 unspecified atom stereocenters. The molecule has 28 heavy (non-hydrogen) atoms. The summed E-state index contributed by atoms with van der Waals surface area (Å²) < 4.78 is 3.31. The fraction of sp³-hybridized carbons (Fsp3) is 0.429. The highest BCUT2D eigenvalue weighted by Gasteiger charge is 2.27. The Kier molecular flexibility index (Phi) is 4.53. The molecule has 0 radical (unpaired) electrons. The number of anilines is 1. The third kappa shape index (κ3) is 2.91. The van der Waals surface area contributed by atoms with Gasteiger partial charge in [0, 0.05) is 17.8 Å². The first kappa shape index (κ1) is 18.4. The molecule has 0 spiro atoms. The van der Waals surface area contributed by atoms with E-state index in [4.69, 9.17) is 10.7 Å². The smallest absolute Gasteiger partial charge is 0.278 e. The second-order valence-corrected chi connectivity index (χ2v) is 7.90. The Balaban J connectivity index is 1.98. The molecule has 0 atom stereocenters. The van der Waals surface area contributed by atoms with E-state index in [0.717, 1.165) is 31.2 Å². The van der Waals surface area contributed by atoms with Gasteiger partial charge in [-0.15, -0.1) is 0 Å². The summed E-state index contributed by atoms with van der Waals surface area (Å²) >= 11 is 0. The van der Waals surface area contributed by atoms with Crippen LogP contribution in [0, 0.1) is 6.92 Å². The summed E-state index contributed by atoms with van der Waals surface area (Å²) in [6.07, 6.45) is 5.92. The first-order valence-electron chi connectivity index (χ1n) is 9.85. The average Bonchev–Trinajstić information content (AvgIpc) is 3.15. The molecule has 3 aromatic heterocycles. The third-order valence-corrected chi connectivity index (χ3v) is 5.57. The van der Waals surface area contributed by atoms with Crippen LogP contribution in [0.2, 0.25) is 0 Å². The van der Waals surface area contributed by atoms with Gasteiger partial charge in [-0.1, -0.05) is 23.9 Å². The number of hydrogen-bond donors (Lipinski definition) is 2. The standard InChI is InChI=1S/C21H25N5O2/c1-12(2)26-17(22)15(20(27)23-14-8-4-5-9-14)11-16-19(26)24-18-13(3)7-6-10-25(18)21(16)28/h6-7,10-12,14,22H,4-5,8-9H2,1-3H3,(H,23,27)/p+1. The largest absolute Gasteiger partial charge is 0.349 e. The van der Waals surface area contributed by atoms with Crippen LogP contribution in [-0.4, -0.2) is 21.3 Å². The van der Waals surface area contributed by atoms with E-state index in [1.165, 1.54) is 4.40 Å². The number of aryl methyl sites for hydroxylation is 1. The number of hydrogen-bond acceptors (Lipinski definition) is 4. The molecule has 7 heteroatoms. The quantitative estimate of drug-likeness (QED) is 0.538. The minimum absolute atomic E-state index is 0.0555. The first-order valence-corrected chi connectivity index (χ1v) is 9.85. The second kappa shape index (κ2) is 6.89. The minimum Gasteiger partial charge on any atom is -0.349 e. The monoisotopic (exact) mass is 380 g/mol. The number of aromatic nitrogens is 3. The van der Waals surface area contributed by atoms with E-state index < -0.39 is 0 Å². The minimum atomic E-state index is -0.227. The second-order valence-electron chi connectivity index (χ2n) is 7.90. The van der Waals surface area contributed by atoms with Gasteiger partial charge in [-0.3, -0.25) is 14.0 Å². The van der Waals surface area contributed by atoms with Gasteiger partial charge in [-0.2, -0.15) is 0 Å². The number of carbonyl (C=O) groups is 1. The third-order valence-electron chi connectivity index (χ3n) is 5.57. The highest BCUT2D eigenvalue weighted by Crippen LogP contribution is 2.21. The van der Waals surface area contributed by atoms with Gasteiger partial charge in [0.1, 0.15) is 10.9 Å². The average molecular weight is 380 g/mol. The number of rotatable bonds is 3. The van der Waals surface area contributed by atoms with Crippen LogP contribution in [0.5, 0.6) is 0 Å². The zero-order chi connectivity index (χ0) is 20.0. The van der Waals surface area contributed by atoms with Gasteiger partial charge in [0.25, 0.3) is 17.1 Å². The number of nitrogen functional groups attached to an aromatic ring is 1. The van der Waals surface area contributed by atoms with Gasteiger partial charge in [0.15, 0.2) is 0 Å². The molecule has 1 fully saturated rings. The number of fused-ring (bicyclic) bond motifs is 2. The predicted molar refractivity (Wildman–Crippen MR) is 108 cm³/mol. The van der Waals surface area contributed by atoms with Crippen molar-refractivity contribution in [2.24, 2.45) is 0 Å². The summed E-state index contributed by atoms with van der Waals surface area (Å²) in [6, 6.07) is 5.45. The van der Waals surface area contributed by atoms with Crippen LogP contribution in [0.3, 0.4) is 0 Å². The highest BCUT2D eigenvalue weighted by atomic mass is 16.2. The first-order chi connectivity index (χ1) is 13.4. The summed E-state index contributed by atoms with van der Waals surface area (Å²) in [4.78, 5) is 30.9. The van der Waals surface area contributed by atoms with Crippen molar-refractivity contribution >= 4 is 28.4 Å². The van der Waals surface area contributed by atoms with E-state index in [9.17, 15) is 9.59 Å². The van der Waals surface area contributed by atoms with Crippen LogP contribution in [-0.2, 0) is 0 Å². The summed E-state index contributed by atoms with van der Waals surface area (Å²) in [5, 5.41) is 3.46. The summed E-state index contributed by atoms with van der Waals surface area (Å²) in [5.41, 5.74) is 8.54. The van der Waals surface area contributed by atoms with Crippen LogP contribution in [0.15, 0.2) is 29.2 Å². The Bertz CT molecular complexity index is 1140. The van der Waals surface area contributed by atoms with E-state index in [1.54, 1.807) is 16.8 Å². The lowest BCUT2D eigenvalue weighted by atomic mass is 10.1. The topological polar surface area (TPSA) is 93.4 Å². The number of carbonyl (C=O) groups excluding carboxylic acids is 1. The van der Waals surface area contributed by atoms with Gasteiger partial charge in [0.05, 0.1) is 6.04 Å². The normalized spacial score (nSPS) is 15.0. The predicted octanol–water partition coefficient (Wildman–Crippen LogP) is 2.28. The number of nitrogens with one attached hydrogen (secondary N) is 1. The molecule has 1 amide bonds. The van der Waals surface area contributed by atoms with Crippen molar-refractivity contribution in [3.05, 3.63) is 45.9 Å². The molecule has 0 aromatic carbocycles. The lowest BCUT2D eigenvalue weighted by Crippen LogP contribution is -2.45. The number of nitrogens with zero attached hydrogens (tertiary/aromatic N) is 3. The molecule has 1 saturated carbocycles. The Morgan fingerprint density at radius 1 is 1.36 bits per heavy atom. The van der Waals surface area contributed by atoms with Crippen molar-refractivity contribution in [3.63, 3.8) is 0 Å². The van der Waals surface area contributed by atoms with Crippen LogP contribution in [0.1, 0.15) is 61.5 Å². The van der Waals surface area contributed by atoms with Crippen LogP contribution in [0.4, 0.5) is 5.82 Å². The molecular formula is C21H26N5O2+. The fourth-order valence-electron chi connectivity index (χ4n) is 4.11. The summed E-state index contributed by atoms with van der Waals surface area (Å²) in [7, 11) is 0. The molecule has 1 aliphatic carbocycles. The Morgan fingerprint density at radius 2 is 2.07 bits per heavy atom. The SMILES string of the molecule is Cc1cccn2c(=O)c3cc(C(=O)NC4CCCC4)c(N)[n+](C(C)C)c3nc12. The van der Waals surface area contributed by atoms with E-state index >= 15 is 0 Å². The Hall–Kier alpha value is -2.96. The molecule has 0 bridgehead atoms. The number of pyridine rings is 2. The zero-order valence-corrected chi connectivity index (χ0v) is 16.5. The Labute approximate surface area is 163 Å². The lowest BCUT2D eigenvalue weighted by Gasteiger charge is -2.16.